The summed E-state index contributed by atoms with van der Waals surface area (Å²) < 4.78 is 2.27. The zero-order valence-electron chi connectivity index (χ0n) is 11.3. The molecule has 1 atom stereocenters. The summed E-state index contributed by atoms with van der Waals surface area (Å²) in [5, 5.41) is 3.61. The van der Waals surface area contributed by atoms with Gasteiger partial charge in [-0.2, -0.15) is 0 Å². The summed E-state index contributed by atoms with van der Waals surface area (Å²) in [6, 6.07) is 11.1. The van der Waals surface area contributed by atoms with Gasteiger partial charge in [0.1, 0.15) is 5.82 Å². The monoisotopic (exact) mass is 255 g/mol. The van der Waals surface area contributed by atoms with E-state index in [2.05, 4.69) is 45.3 Å². The van der Waals surface area contributed by atoms with Gasteiger partial charge in [0.2, 0.25) is 0 Å². The number of nitrogens with one attached hydrogen (secondary N) is 1. The van der Waals surface area contributed by atoms with Crippen molar-refractivity contribution in [3.63, 3.8) is 0 Å². The number of rotatable bonds is 4. The minimum atomic E-state index is 0.680. The van der Waals surface area contributed by atoms with Gasteiger partial charge in [-0.05, 0) is 25.8 Å². The quantitative estimate of drug-likeness (QED) is 0.910. The Bertz CT molecular complexity index is 498. The molecule has 0 bridgehead atoms. The molecule has 1 saturated heterocycles. The van der Waals surface area contributed by atoms with Crippen molar-refractivity contribution in [1.82, 2.24) is 14.9 Å². The van der Waals surface area contributed by atoms with E-state index in [-0.39, 0.29) is 0 Å². The largest absolute Gasteiger partial charge is 0.331 e. The molecule has 0 spiro atoms. The van der Waals surface area contributed by atoms with E-state index in [9.17, 15) is 0 Å². The lowest BCUT2D eigenvalue weighted by Gasteiger charge is -2.23. The number of aromatic nitrogens is 2. The zero-order valence-corrected chi connectivity index (χ0v) is 11.3. The van der Waals surface area contributed by atoms with Crippen molar-refractivity contribution >= 4 is 0 Å². The van der Waals surface area contributed by atoms with Gasteiger partial charge in [0.05, 0.1) is 0 Å². The van der Waals surface area contributed by atoms with Gasteiger partial charge in [0.15, 0.2) is 0 Å². The van der Waals surface area contributed by atoms with E-state index in [4.69, 9.17) is 0 Å². The number of hydrogen-bond acceptors (Lipinski definition) is 2. The SMILES string of the molecule is c1ccc(-c2nccn2CCC2CCCCN2)cc1. The second-order valence-corrected chi connectivity index (χ2v) is 5.25. The highest BCUT2D eigenvalue weighted by atomic mass is 15.1. The van der Waals surface area contributed by atoms with Crippen molar-refractivity contribution in [2.45, 2.75) is 38.3 Å². The first kappa shape index (κ1) is 12.4. The molecule has 3 nitrogen and oxygen atoms in total. The van der Waals surface area contributed by atoms with Crippen LogP contribution in [-0.2, 0) is 6.54 Å². The molecule has 1 N–H and O–H groups in total. The molecule has 1 unspecified atom stereocenters. The zero-order chi connectivity index (χ0) is 12.9. The Hall–Kier alpha value is -1.61. The maximum atomic E-state index is 4.49. The fourth-order valence-corrected chi connectivity index (χ4v) is 2.80. The van der Waals surface area contributed by atoms with Crippen LogP contribution in [0.3, 0.4) is 0 Å². The van der Waals surface area contributed by atoms with Crippen molar-refractivity contribution in [2.75, 3.05) is 6.54 Å². The molecule has 3 heteroatoms. The van der Waals surface area contributed by atoms with Gasteiger partial charge in [0.25, 0.3) is 0 Å². The Morgan fingerprint density at radius 2 is 2.11 bits per heavy atom. The molecule has 3 rings (SSSR count). The fraction of sp³-hybridized carbons (Fsp3) is 0.438. The number of hydrogen-bond donors (Lipinski definition) is 1. The highest BCUT2D eigenvalue weighted by Gasteiger charge is 2.13. The minimum Gasteiger partial charge on any atom is -0.331 e. The predicted molar refractivity (Wildman–Crippen MR) is 77.9 cm³/mol. The lowest BCUT2D eigenvalue weighted by molar-refractivity contribution is 0.367. The van der Waals surface area contributed by atoms with Crippen LogP contribution in [0.1, 0.15) is 25.7 Å². The van der Waals surface area contributed by atoms with Gasteiger partial charge < -0.3 is 9.88 Å². The van der Waals surface area contributed by atoms with E-state index in [0.717, 1.165) is 12.4 Å². The van der Waals surface area contributed by atoms with E-state index in [1.54, 1.807) is 0 Å². The van der Waals surface area contributed by atoms with Gasteiger partial charge in [-0.1, -0.05) is 36.8 Å². The van der Waals surface area contributed by atoms with Gasteiger partial charge in [-0.25, -0.2) is 4.98 Å². The van der Waals surface area contributed by atoms with Crippen LogP contribution >= 0.6 is 0 Å². The van der Waals surface area contributed by atoms with E-state index in [1.165, 1.54) is 37.8 Å². The highest BCUT2D eigenvalue weighted by molar-refractivity contribution is 5.55. The summed E-state index contributed by atoms with van der Waals surface area (Å²) in [4.78, 5) is 4.49. The molecule has 0 amide bonds. The fourth-order valence-electron chi connectivity index (χ4n) is 2.80. The number of nitrogens with zero attached hydrogens (tertiary/aromatic N) is 2. The van der Waals surface area contributed by atoms with Crippen LogP contribution in [0, 0.1) is 0 Å². The highest BCUT2D eigenvalue weighted by Crippen LogP contribution is 2.18. The Morgan fingerprint density at radius 1 is 1.21 bits per heavy atom. The van der Waals surface area contributed by atoms with Gasteiger partial charge in [-0.3, -0.25) is 0 Å². The first-order chi connectivity index (χ1) is 9.43. The third-order valence-corrected chi connectivity index (χ3v) is 3.88. The van der Waals surface area contributed by atoms with Crippen LogP contribution in [-0.4, -0.2) is 22.1 Å². The van der Waals surface area contributed by atoms with Gasteiger partial charge in [-0.15, -0.1) is 0 Å². The molecule has 0 radical (unpaired) electrons. The average molecular weight is 255 g/mol. The van der Waals surface area contributed by atoms with Crippen LogP contribution in [0.15, 0.2) is 42.7 Å². The average Bonchev–Trinajstić information content (AvgIpc) is 2.95. The first-order valence-electron chi connectivity index (χ1n) is 7.23. The lowest BCUT2D eigenvalue weighted by Crippen LogP contribution is -2.34. The number of benzene rings is 1. The third kappa shape index (κ3) is 3.04. The number of aryl methyl sites for hydroxylation is 1. The van der Waals surface area contributed by atoms with Crippen molar-refractivity contribution in [3.8, 4) is 11.4 Å². The van der Waals surface area contributed by atoms with Crippen LogP contribution in [0.5, 0.6) is 0 Å². The van der Waals surface area contributed by atoms with Crippen molar-refractivity contribution in [2.24, 2.45) is 0 Å². The van der Waals surface area contributed by atoms with Crippen LogP contribution in [0.4, 0.5) is 0 Å². The van der Waals surface area contributed by atoms with Crippen molar-refractivity contribution in [3.05, 3.63) is 42.7 Å². The normalized spacial score (nSPS) is 19.5. The lowest BCUT2D eigenvalue weighted by atomic mass is 10.0. The molecule has 19 heavy (non-hydrogen) atoms. The van der Waals surface area contributed by atoms with E-state index < -0.39 is 0 Å². The molecule has 2 aromatic rings. The molecule has 1 aliphatic heterocycles. The molecule has 0 aliphatic carbocycles. The van der Waals surface area contributed by atoms with Crippen molar-refractivity contribution in [1.29, 1.82) is 0 Å². The summed E-state index contributed by atoms with van der Waals surface area (Å²) in [6.45, 7) is 2.22. The van der Waals surface area contributed by atoms with Crippen LogP contribution < -0.4 is 5.32 Å². The second-order valence-electron chi connectivity index (χ2n) is 5.25. The van der Waals surface area contributed by atoms with Gasteiger partial charge >= 0.3 is 0 Å². The third-order valence-electron chi connectivity index (χ3n) is 3.88. The molecule has 100 valence electrons. The van der Waals surface area contributed by atoms with Crippen LogP contribution in [0.25, 0.3) is 11.4 Å². The van der Waals surface area contributed by atoms with E-state index in [1.807, 2.05) is 12.3 Å². The maximum Gasteiger partial charge on any atom is 0.139 e. The van der Waals surface area contributed by atoms with Gasteiger partial charge in [0, 0.05) is 30.5 Å². The summed E-state index contributed by atoms with van der Waals surface area (Å²) in [5.41, 5.74) is 1.20. The molecule has 1 aromatic heterocycles. The number of imidazole rings is 1. The summed E-state index contributed by atoms with van der Waals surface area (Å²) in [6.07, 6.45) is 9.19. The van der Waals surface area contributed by atoms with Crippen molar-refractivity contribution < 1.29 is 0 Å². The van der Waals surface area contributed by atoms with E-state index in [0.29, 0.717) is 6.04 Å². The topological polar surface area (TPSA) is 29.9 Å². The van der Waals surface area contributed by atoms with Crippen LogP contribution in [0.2, 0.25) is 0 Å². The summed E-state index contributed by atoms with van der Waals surface area (Å²) >= 11 is 0. The molecule has 2 heterocycles. The Morgan fingerprint density at radius 3 is 2.89 bits per heavy atom. The predicted octanol–water partition coefficient (Wildman–Crippen LogP) is 3.08. The second kappa shape index (κ2) is 6.02. The number of piperidine rings is 1. The molecular weight excluding hydrogens is 234 g/mol. The summed E-state index contributed by atoms with van der Waals surface area (Å²) in [7, 11) is 0. The first-order valence-corrected chi connectivity index (χ1v) is 7.23. The smallest absolute Gasteiger partial charge is 0.139 e. The van der Waals surface area contributed by atoms with E-state index >= 15 is 0 Å². The molecular formula is C16H21N3. The maximum absolute atomic E-state index is 4.49. The molecule has 1 fully saturated rings. The molecule has 1 aliphatic rings. The minimum absolute atomic E-state index is 0.680. The Balaban J connectivity index is 1.67. The Kier molecular flexibility index (Phi) is 3.94. The summed E-state index contributed by atoms with van der Waals surface area (Å²) in [5.74, 6) is 1.08. The molecule has 1 aromatic carbocycles. The standard InChI is InChI=1S/C16H21N3/c1-2-6-14(7-3-1)16-18-11-13-19(16)12-9-15-8-4-5-10-17-15/h1-3,6-7,11,13,15,17H,4-5,8-10,12H2. The molecule has 0 saturated carbocycles. The Labute approximate surface area is 114 Å².